The summed E-state index contributed by atoms with van der Waals surface area (Å²) in [6.45, 7) is 4.64. The van der Waals surface area contributed by atoms with Gasteiger partial charge < -0.3 is 14.5 Å². The van der Waals surface area contributed by atoms with Gasteiger partial charge in [-0.05, 0) is 30.5 Å². The summed E-state index contributed by atoms with van der Waals surface area (Å²) < 4.78 is 10.6. The van der Waals surface area contributed by atoms with Gasteiger partial charge in [-0.2, -0.15) is 0 Å². The van der Waals surface area contributed by atoms with E-state index < -0.39 is 0 Å². The van der Waals surface area contributed by atoms with Crippen molar-refractivity contribution < 1.29 is 9.15 Å². The predicted octanol–water partition coefficient (Wildman–Crippen LogP) is 3.51. The molecule has 1 aromatic heterocycles. The lowest BCUT2D eigenvalue weighted by Crippen LogP contribution is -2.18. The van der Waals surface area contributed by atoms with Crippen molar-refractivity contribution in [3.63, 3.8) is 0 Å². The van der Waals surface area contributed by atoms with Gasteiger partial charge in [-0.15, -0.1) is 0 Å². The minimum atomic E-state index is 0.734. The largest absolute Gasteiger partial charge is 0.464 e. The number of benzene rings is 1. The molecule has 19 heavy (non-hydrogen) atoms. The van der Waals surface area contributed by atoms with Crippen molar-refractivity contribution in [2.75, 3.05) is 20.3 Å². The van der Waals surface area contributed by atoms with E-state index in [2.05, 4.69) is 30.4 Å². The van der Waals surface area contributed by atoms with Crippen LogP contribution in [-0.4, -0.2) is 20.3 Å². The molecule has 0 spiro atoms. The van der Waals surface area contributed by atoms with E-state index in [1.165, 1.54) is 29.4 Å². The SMILES string of the molecule is CCCCc1ccc2occ(CNCCOC)c2c1. The highest BCUT2D eigenvalue weighted by molar-refractivity contribution is 5.81. The van der Waals surface area contributed by atoms with Crippen molar-refractivity contribution in [3.05, 3.63) is 35.6 Å². The van der Waals surface area contributed by atoms with Gasteiger partial charge in [-0.1, -0.05) is 19.4 Å². The fourth-order valence-corrected chi connectivity index (χ4v) is 2.20. The zero-order valence-electron chi connectivity index (χ0n) is 11.9. The molecule has 0 saturated carbocycles. The number of ether oxygens (including phenoxy) is 1. The lowest BCUT2D eigenvalue weighted by atomic mass is 10.0. The van der Waals surface area contributed by atoms with Crippen LogP contribution in [0.4, 0.5) is 0 Å². The van der Waals surface area contributed by atoms with E-state index in [0.29, 0.717) is 0 Å². The third-order valence-corrected chi connectivity index (χ3v) is 3.34. The number of nitrogens with one attached hydrogen (secondary N) is 1. The van der Waals surface area contributed by atoms with E-state index in [1.54, 1.807) is 7.11 Å². The summed E-state index contributed by atoms with van der Waals surface area (Å²) in [5.74, 6) is 0. The minimum absolute atomic E-state index is 0.734. The van der Waals surface area contributed by atoms with Crippen LogP contribution in [0.5, 0.6) is 0 Å². The van der Waals surface area contributed by atoms with Crippen LogP contribution in [0.3, 0.4) is 0 Å². The maximum Gasteiger partial charge on any atom is 0.134 e. The number of aryl methyl sites for hydroxylation is 1. The summed E-state index contributed by atoms with van der Waals surface area (Å²) in [4.78, 5) is 0. The van der Waals surface area contributed by atoms with E-state index in [-0.39, 0.29) is 0 Å². The Morgan fingerprint density at radius 3 is 3.00 bits per heavy atom. The smallest absolute Gasteiger partial charge is 0.134 e. The Bertz CT molecular complexity index is 504. The molecule has 1 heterocycles. The molecule has 0 atom stereocenters. The maximum atomic E-state index is 5.59. The van der Waals surface area contributed by atoms with Crippen LogP contribution in [0, 0.1) is 0 Å². The Balaban J connectivity index is 2.06. The van der Waals surface area contributed by atoms with Crippen LogP contribution in [-0.2, 0) is 17.7 Å². The van der Waals surface area contributed by atoms with Gasteiger partial charge in [0.25, 0.3) is 0 Å². The second-order valence-corrected chi connectivity index (χ2v) is 4.86. The Labute approximate surface area is 114 Å². The minimum Gasteiger partial charge on any atom is -0.464 e. The van der Waals surface area contributed by atoms with Crippen molar-refractivity contribution in [1.82, 2.24) is 5.32 Å². The summed E-state index contributed by atoms with van der Waals surface area (Å²) in [6.07, 6.45) is 5.47. The zero-order chi connectivity index (χ0) is 13.5. The molecule has 0 aliphatic rings. The van der Waals surface area contributed by atoms with Crippen molar-refractivity contribution in [3.8, 4) is 0 Å². The Kier molecular flexibility index (Phi) is 5.43. The lowest BCUT2D eigenvalue weighted by molar-refractivity contribution is 0.199. The van der Waals surface area contributed by atoms with Crippen molar-refractivity contribution in [2.24, 2.45) is 0 Å². The molecule has 1 aromatic carbocycles. The highest BCUT2D eigenvalue weighted by Crippen LogP contribution is 2.23. The summed E-state index contributed by atoms with van der Waals surface area (Å²) in [6, 6.07) is 6.52. The third-order valence-electron chi connectivity index (χ3n) is 3.34. The second kappa shape index (κ2) is 7.31. The standard InChI is InChI=1S/C16H23NO2/c1-3-4-5-13-6-7-16-15(10-13)14(12-19-16)11-17-8-9-18-2/h6-7,10,12,17H,3-5,8-9,11H2,1-2H3. The molecule has 0 fully saturated rings. The third kappa shape index (κ3) is 3.82. The monoisotopic (exact) mass is 261 g/mol. The van der Waals surface area contributed by atoms with E-state index >= 15 is 0 Å². The fraction of sp³-hybridized carbons (Fsp3) is 0.500. The van der Waals surface area contributed by atoms with Crippen molar-refractivity contribution in [2.45, 2.75) is 32.7 Å². The molecule has 3 nitrogen and oxygen atoms in total. The van der Waals surface area contributed by atoms with Crippen LogP contribution in [0.1, 0.15) is 30.9 Å². The number of rotatable bonds is 8. The van der Waals surface area contributed by atoms with Gasteiger partial charge in [0.05, 0.1) is 12.9 Å². The normalized spacial score (nSPS) is 11.3. The highest BCUT2D eigenvalue weighted by atomic mass is 16.5. The first-order valence-corrected chi connectivity index (χ1v) is 7.03. The highest BCUT2D eigenvalue weighted by Gasteiger charge is 2.06. The summed E-state index contributed by atoms with van der Waals surface area (Å²) in [5.41, 5.74) is 3.60. The molecular weight excluding hydrogens is 238 g/mol. The molecule has 0 bridgehead atoms. The molecule has 104 valence electrons. The lowest BCUT2D eigenvalue weighted by Gasteiger charge is -2.03. The number of hydrogen-bond donors (Lipinski definition) is 1. The second-order valence-electron chi connectivity index (χ2n) is 4.86. The number of furan rings is 1. The molecule has 2 aromatic rings. The van der Waals surface area contributed by atoms with Gasteiger partial charge in [0, 0.05) is 31.1 Å². The summed E-state index contributed by atoms with van der Waals surface area (Å²) in [7, 11) is 1.72. The van der Waals surface area contributed by atoms with Crippen LogP contribution in [0.2, 0.25) is 0 Å². The van der Waals surface area contributed by atoms with Crippen LogP contribution >= 0.6 is 0 Å². The molecule has 0 radical (unpaired) electrons. The predicted molar refractivity (Wildman–Crippen MR) is 78.4 cm³/mol. The summed E-state index contributed by atoms with van der Waals surface area (Å²) in [5, 5.41) is 4.59. The molecule has 0 saturated heterocycles. The molecule has 1 N–H and O–H groups in total. The van der Waals surface area contributed by atoms with Crippen LogP contribution in [0.15, 0.2) is 28.9 Å². The van der Waals surface area contributed by atoms with E-state index in [1.807, 2.05) is 6.26 Å². The van der Waals surface area contributed by atoms with Gasteiger partial charge in [0.1, 0.15) is 5.58 Å². The van der Waals surface area contributed by atoms with Crippen LogP contribution < -0.4 is 5.32 Å². The number of hydrogen-bond acceptors (Lipinski definition) is 3. The van der Waals surface area contributed by atoms with Gasteiger partial charge in [0.2, 0.25) is 0 Å². The topological polar surface area (TPSA) is 34.4 Å². The molecule has 0 amide bonds. The molecule has 0 unspecified atom stereocenters. The van der Waals surface area contributed by atoms with Crippen molar-refractivity contribution >= 4 is 11.0 Å². The number of methoxy groups -OCH3 is 1. The van der Waals surface area contributed by atoms with Gasteiger partial charge >= 0.3 is 0 Å². The first-order chi connectivity index (χ1) is 9.35. The average Bonchev–Trinajstić information content (AvgIpc) is 2.84. The Morgan fingerprint density at radius 1 is 1.32 bits per heavy atom. The van der Waals surface area contributed by atoms with E-state index in [4.69, 9.17) is 9.15 Å². The Morgan fingerprint density at radius 2 is 2.21 bits per heavy atom. The Hall–Kier alpha value is -1.32. The first kappa shape index (κ1) is 14.1. The molecular formula is C16H23NO2. The number of unbranched alkanes of at least 4 members (excludes halogenated alkanes) is 1. The van der Waals surface area contributed by atoms with E-state index in [0.717, 1.165) is 31.7 Å². The van der Waals surface area contributed by atoms with Gasteiger partial charge in [-0.25, -0.2) is 0 Å². The van der Waals surface area contributed by atoms with Crippen molar-refractivity contribution in [1.29, 1.82) is 0 Å². The van der Waals surface area contributed by atoms with E-state index in [9.17, 15) is 0 Å². The maximum absolute atomic E-state index is 5.59. The average molecular weight is 261 g/mol. The zero-order valence-corrected chi connectivity index (χ0v) is 11.9. The fourth-order valence-electron chi connectivity index (χ4n) is 2.20. The van der Waals surface area contributed by atoms with Gasteiger partial charge in [-0.3, -0.25) is 0 Å². The number of fused-ring (bicyclic) bond motifs is 1. The molecule has 2 rings (SSSR count). The molecule has 0 aliphatic carbocycles. The van der Waals surface area contributed by atoms with Gasteiger partial charge in [0.15, 0.2) is 0 Å². The first-order valence-electron chi connectivity index (χ1n) is 7.03. The quantitative estimate of drug-likeness (QED) is 0.738. The summed E-state index contributed by atoms with van der Waals surface area (Å²) >= 11 is 0. The van der Waals surface area contributed by atoms with Crippen LogP contribution in [0.25, 0.3) is 11.0 Å². The molecule has 3 heteroatoms. The molecule has 0 aliphatic heterocycles.